The predicted molar refractivity (Wildman–Crippen MR) is 279 cm³/mol. The molecule has 0 radical (unpaired) electrons. The summed E-state index contributed by atoms with van der Waals surface area (Å²) in [6, 6.07) is 51.5. The first-order chi connectivity index (χ1) is 32.8. The SMILES string of the molecule is CCCCCCOc1c(-c2cccn2B(c2ccccc2)c2ccccc2)c2nsnc2c2c(OCCCCCC)c(-c3cccn3B(c3ccccc3)c3ccccc3)c3nsnc3c12. The standard InChI is InChI=1S/C54H52B2N6O2S2/c1-3-5-7-21-37-63-53-45(43-33-23-35-61(43)55(39-25-13-9-14-26-39)40-27-15-10-16-28-40)49-52(60-65-57-49)48-47(53)51-50(58-66-59-51)46(54(48)64-38-22-8-6-4-2)44-34-24-36-62(44)56(41-29-17-11-18-30-41)42-31-19-12-20-32-42/h9-20,23-36H,3-8,21-22,37-38H2,1-2H3. The summed E-state index contributed by atoms with van der Waals surface area (Å²) in [5.41, 5.74) is 11.6. The number of hydrogen-bond donors (Lipinski definition) is 0. The van der Waals surface area contributed by atoms with Gasteiger partial charge in [-0.25, -0.2) is 0 Å². The van der Waals surface area contributed by atoms with E-state index in [9.17, 15) is 0 Å². The van der Waals surface area contributed by atoms with Gasteiger partial charge < -0.3 is 18.4 Å². The summed E-state index contributed by atoms with van der Waals surface area (Å²) in [5.74, 6) is 1.48. The van der Waals surface area contributed by atoms with Crippen molar-refractivity contribution < 1.29 is 9.47 Å². The van der Waals surface area contributed by atoms with Gasteiger partial charge in [-0.2, -0.15) is 17.5 Å². The van der Waals surface area contributed by atoms with Gasteiger partial charge in [-0.3, -0.25) is 0 Å². The lowest BCUT2D eigenvalue weighted by Crippen LogP contribution is -2.48. The van der Waals surface area contributed by atoms with Crippen molar-refractivity contribution in [3.05, 3.63) is 158 Å². The summed E-state index contributed by atoms with van der Waals surface area (Å²) in [6.45, 7) is 5.33. The van der Waals surface area contributed by atoms with Gasteiger partial charge in [-0.05, 0) is 49.5 Å². The van der Waals surface area contributed by atoms with Crippen molar-refractivity contribution in [2.75, 3.05) is 13.2 Å². The van der Waals surface area contributed by atoms with E-state index in [2.05, 4.69) is 181 Å². The topological polar surface area (TPSA) is 79.9 Å². The van der Waals surface area contributed by atoms with E-state index in [1.807, 2.05) is 0 Å². The summed E-state index contributed by atoms with van der Waals surface area (Å²) in [7, 11) is 0. The maximum atomic E-state index is 7.24. The summed E-state index contributed by atoms with van der Waals surface area (Å²) in [6.07, 6.45) is 12.9. The molecule has 0 bridgehead atoms. The zero-order chi connectivity index (χ0) is 44.7. The Hall–Kier alpha value is -6.49. The lowest BCUT2D eigenvalue weighted by Gasteiger charge is -2.24. The fourth-order valence-corrected chi connectivity index (χ4v) is 10.7. The smallest absolute Gasteiger partial charge is 0.327 e. The summed E-state index contributed by atoms with van der Waals surface area (Å²) in [4.78, 5) is 0. The highest BCUT2D eigenvalue weighted by Gasteiger charge is 2.34. The largest absolute Gasteiger partial charge is 0.492 e. The lowest BCUT2D eigenvalue weighted by molar-refractivity contribution is 0.307. The molecule has 0 N–H and O–H groups in total. The molecular formula is C54H52B2N6O2S2. The Labute approximate surface area is 396 Å². The Morgan fingerprint density at radius 2 is 0.758 bits per heavy atom. The van der Waals surface area contributed by atoms with Crippen molar-refractivity contribution in [2.24, 2.45) is 0 Å². The van der Waals surface area contributed by atoms with Gasteiger partial charge >= 0.3 is 13.7 Å². The number of unbranched alkanes of at least 4 members (excludes halogenated alkanes) is 6. The fraction of sp³-hybridized carbons (Fsp3) is 0.222. The van der Waals surface area contributed by atoms with Gasteiger partial charge in [0.25, 0.3) is 0 Å². The van der Waals surface area contributed by atoms with Crippen LogP contribution in [-0.2, 0) is 0 Å². The van der Waals surface area contributed by atoms with Crippen LogP contribution in [0.1, 0.15) is 65.2 Å². The molecule has 8 nitrogen and oxygen atoms in total. The van der Waals surface area contributed by atoms with Crippen LogP contribution in [0.3, 0.4) is 0 Å². The number of rotatable bonds is 20. The first-order valence-electron chi connectivity index (χ1n) is 23.5. The normalized spacial score (nSPS) is 11.5. The van der Waals surface area contributed by atoms with E-state index in [0.29, 0.717) is 13.2 Å². The summed E-state index contributed by atoms with van der Waals surface area (Å²) in [5, 5.41) is 1.72. The van der Waals surface area contributed by atoms with Crippen LogP contribution in [0.5, 0.6) is 11.5 Å². The van der Waals surface area contributed by atoms with Gasteiger partial charge in [0.15, 0.2) is 0 Å². The van der Waals surface area contributed by atoms with Crippen LogP contribution >= 0.6 is 23.5 Å². The molecule has 0 fully saturated rings. The third kappa shape index (κ3) is 8.44. The number of aromatic nitrogens is 6. The second-order valence-electron chi connectivity index (χ2n) is 16.9. The molecule has 10 rings (SSSR count). The van der Waals surface area contributed by atoms with Crippen molar-refractivity contribution in [1.82, 2.24) is 26.5 Å². The van der Waals surface area contributed by atoms with Crippen LogP contribution in [0, 0.1) is 0 Å². The molecule has 0 amide bonds. The maximum absolute atomic E-state index is 7.24. The molecule has 0 unspecified atom stereocenters. The summed E-state index contributed by atoms with van der Waals surface area (Å²) >= 11 is 2.46. The molecule has 66 heavy (non-hydrogen) atoms. The monoisotopic (exact) mass is 902 g/mol. The molecule has 6 aromatic carbocycles. The van der Waals surface area contributed by atoms with E-state index >= 15 is 0 Å². The number of benzene rings is 6. The first kappa shape index (κ1) is 43.4. The van der Waals surface area contributed by atoms with E-state index in [0.717, 1.165) is 118 Å². The number of nitrogens with zero attached hydrogens (tertiary/aromatic N) is 6. The molecule has 4 heterocycles. The molecule has 0 aliphatic heterocycles. The van der Waals surface area contributed by atoms with Gasteiger partial charge in [0, 0.05) is 11.4 Å². The molecule has 10 aromatic rings. The average molecular weight is 903 g/mol. The van der Waals surface area contributed by atoms with E-state index in [-0.39, 0.29) is 13.7 Å². The third-order valence-corrected chi connectivity index (χ3v) is 13.7. The molecule has 328 valence electrons. The minimum atomic E-state index is -0.118. The molecule has 0 spiro atoms. The highest BCUT2D eigenvalue weighted by atomic mass is 32.1. The van der Waals surface area contributed by atoms with Gasteiger partial charge in [-0.1, -0.05) is 196 Å². The molecule has 4 aromatic heterocycles. The Balaban J connectivity index is 1.27. The predicted octanol–water partition coefficient (Wildman–Crippen LogP) is 11.0. The zero-order valence-corrected chi connectivity index (χ0v) is 39.2. The number of ether oxygens (including phenoxy) is 2. The van der Waals surface area contributed by atoms with Gasteiger partial charge in [0.05, 0.1) is 58.6 Å². The average Bonchev–Trinajstić information content (AvgIpc) is 4.22. The second-order valence-corrected chi connectivity index (χ2v) is 18.0. The molecule has 0 aliphatic rings. The van der Waals surface area contributed by atoms with E-state index in [1.165, 1.54) is 45.3 Å². The maximum Gasteiger partial charge on any atom is 0.327 e. The quantitative estimate of drug-likeness (QED) is 0.0560. The van der Waals surface area contributed by atoms with Crippen LogP contribution in [0.25, 0.3) is 55.4 Å². The van der Waals surface area contributed by atoms with Gasteiger partial charge in [0.2, 0.25) is 0 Å². The van der Waals surface area contributed by atoms with Crippen molar-refractivity contribution in [3.63, 3.8) is 0 Å². The van der Waals surface area contributed by atoms with Crippen LogP contribution in [-0.4, -0.2) is 53.4 Å². The molecule has 0 aliphatic carbocycles. The fourth-order valence-electron chi connectivity index (χ4n) is 9.58. The number of fused-ring (bicyclic) bond motifs is 5. The van der Waals surface area contributed by atoms with E-state index in [1.54, 1.807) is 0 Å². The number of hydrogen-bond acceptors (Lipinski definition) is 8. The molecule has 12 heteroatoms. The highest BCUT2D eigenvalue weighted by Crippen LogP contribution is 2.53. The lowest BCUT2D eigenvalue weighted by atomic mass is 9.50. The molecule has 0 atom stereocenters. The Kier molecular flexibility index (Phi) is 13.4. The van der Waals surface area contributed by atoms with Crippen LogP contribution < -0.4 is 31.3 Å². The zero-order valence-electron chi connectivity index (χ0n) is 37.6. The highest BCUT2D eigenvalue weighted by molar-refractivity contribution is 7.00. The summed E-state index contributed by atoms with van der Waals surface area (Å²) < 4.78 is 40.0. The molecule has 0 saturated heterocycles. The molecule has 0 saturated carbocycles. The van der Waals surface area contributed by atoms with Crippen molar-refractivity contribution in [3.8, 4) is 34.0 Å². The Morgan fingerprint density at radius 1 is 0.409 bits per heavy atom. The minimum absolute atomic E-state index is 0.118. The van der Waals surface area contributed by atoms with Gasteiger partial charge in [0.1, 0.15) is 33.6 Å². The van der Waals surface area contributed by atoms with Crippen molar-refractivity contribution in [1.29, 1.82) is 0 Å². The second kappa shape index (κ2) is 20.4. The Bertz CT molecular complexity index is 2860. The van der Waals surface area contributed by atoms with E-state index < -0.39 is 0 Å². The van der Waals surface area contributed by atoms with E-state index in [4.69, 9.17) is 27.0 Å². The third-order valence-electron chi connectivity index (χ3n) is 12.7. The van der Waals surface area contributed by atoms with Crippen LogP contribution in [0.4, 0.5) is 0 Å². The van der Waals surface area contributed by atoms with Crippen molar-refractivity contribution in [2.45, 2.75) is 65.2 Å². The van der Waals surface area contributed by atoms with Gasteiger partial charge in [-0.15, -0.1) is 0 Å². The van der Waals surface area contributed by atoms with Crippen molar-refractivity contribution >= 4 is 91.8 Å². The Morgan fingerprint density at radius 3 is 1.11 bits per heavy atom. The minimum Gasteiger partial charge on any atom is -0.492 e. The molecular weight excluding hydrogens is 850 g/mol. The van der Waals surface area contributed by atoms with Crippen LogP contribution in [0.15, 0.2) is 158 Å². The van der Waals surface area contributed by atoms with Crippen LogP contribution in [0.2, 0.25) is 0 Å². The first-order valence-corrected chi connectivity index (χ1v) is 24.9.